The number of aromatic nitrogens is 1. The molecule has 1 fully saturated rings. The van der Waals surface area contributed by atoms with Gasteiger partial charge in [0.1, 0.15) is 17.0 Å². The number of carbonyl (C=O) groups is 8. The lowest BCUT2D eigenvalue weighted by atomic mass is 9.80. The number of unbranched alkanes of at least 4 members (excludes halogenated alkanes) is 3. The van der Waals surface area contributed by atoms with Crippen LogP contribution in [0, 0.1) is 19.8 Å². The largest absolute Gasteiger partial charge is 0.453 e. The van der Waals surface area contributed by atoms with E-state index in [9.17, 15) is 38.4 Å². The maximum atomic E-state index is 13.7. The van der Waals surface area contributed by atoms with Crippen molar-refractivity contribution in [3.63, 3.8) is 0 Å². The summed E-state index contributed by atoms with van der Waals surface area (Å²) in [6.07, 6.45) is 7.95. The van der Waals surface area contributed by atoms with Crippen LogP contribution in [0.2, 0.25) is 5.02 Å². The average molecular weight is 1910 g/mol. The van der Waals surface area contributed by atoms with Crippen LogP contribution in [-0.4, -0.2) is 125 Å². The molecule has 15 rings (SSSR count). The van der Waals surface area contributed by atoms with Crippen molar-refractivity contribution in [2.45, 2.75) is 163 Å². The average Bonchev–Trinajstić information content (AvgIpc) is 1.60. The van der Waals surface area contributed by atoms with E-state index in [1.54, 1.807) is 83.8 Å². The topological polar surface area (TPSA) is 235 Å². The molecule has 704 valence electrons. The molecule has 0 N–H and O–H groups in total. The fraction of sp³-hybridized carbons (Fsp3) is 0.254. The lowest BCUT2D eigenvalue weighted by Crippen LogP contribution is -2.52. The SMILES string of the molecule is CC(=O)O/N=C(\CCC(C)C)c1ccc(Sc2ccc(C(=O)c3cc4ccccc4o3)cc2)cc1.CCC(Cc1ccc(C)cc1)(C(=O)c1ccc(N2CCOCC2)cc1)N(C)C.CCCCCC/C(=N/OC(=O)c1ccccc1)C(=O)c1ccc(Sc2ccccc2)cc1.CCn1c2ccc(C(=O)/C(CCSc3ccc(Cl)cc3)=N/OC(C)=O)cc2c2cc(C(=O)c3ccccc3C)ccc21. The van der Waals surface area contributed by atoms with Crippen LogP contribution in [-0.2, 0) is 41.8 Å². The zero-order valence-electron chi connectivity index (χ0n) is 79.3. The lowest BCUT2D eigenvalue weighted by molar-refractivity contribution is -0.141. The van der Waals surface area contributed by atoms with Crippen LogP contribution in [0.15, 0.2) is 342 Å². The molecule has 0 bridgehead atoms. The molecule has 1 atom stereocenters. The summed E-state index contributed by atoms with van der Waals surface area (Å²) in [5, 5.41) is 15.3. The second-order valence-corrected chi connectivity index (χ2v) is 37.7. The van der Waals surface area contributed by atoms with Gasteiger partial charge in [-0.15, -0.1) is 11.8 Å². The van der Waals surface area contributed by atoms with E-state index in [2.05, 4.69) is 108 Å². The predicted molar refractivity (Wildman–Crippen MR) is 554 cm³/mol. The number of fused-ring (bicyclic) bond motifs is 4. The number of nitrogens with zero attached hydrogens (tertiary/aromatic N) is 6. The van der Waals surface area contributed by atoms with Gasteiger partial charge in [-0.2, -0.15) is 0 Å². The molecule has 23 heteroatoms. The zero-order valence-corrected chi connectivity index (χ0v) is 82.5. The number of anilines is 1. The van der Waals surface area contributed by atoms with Crippen molar-refractivity contribution in [1.82, 2.24) is 9.47 Å². The minimum absolute atomic E-state index is 0.0476. The van der Waals surface area contributed by atoms with Crippen LogP contribution in [0.1, 0.15) is 202 Å². The quantitative estimate of drug-likeness (QED) is 0.00878. The summed E-state index contributed by atoms with van der Waals surface area (Å²) >= 11 is 10.8. The van der Waals surface area contributed by atoms with E-state index in [0.717, 1.165) is 158 Å². The van der Waals surface area contributed by atoms with Gasteiger partial charge in [-0.3, -0.25) is 28.9 Å². The Morgan fingerprint density at radius 3 is 1.61 bits per heavy atom. The Hall–Kier alpha value is -13.2. The van der Waals surface area contributed by atoms with Crippen molar-refractivity contribution in [2.75, 3.05) is 51.1 Å². The highest BCUT2D eigenvalue weighted by atomic mass is 35.5. The van der Waals surface area contributed by atoms with Gasteiger partial charge in [-0.1, -0.05) is 218 Å². The zero-order chi connectivity index (χ0) is 97.3. The van der Waals surface area contributed by atoms with E-state index in [1.807, 2.05) is 233 Å². The number of ketones is 5. The van der Waals surface area contributed by atoms with Crippen LogP contribution >= 0.6 is 46.9 Å². The first kappa shape index (κ1) is 103. The first-order valence-corrected chi connectivity index (χ1v) is 49.2. The second kappa shape index (κ2) is 51.1. The van der Waals surface area contributed by atoms with Gasteiger partial charge in [-0.25, -0.2) is 14.4 Å². The molecule has 1 aliphatic rings. The van der Waals surface area contributed by atoms with Gasteiger partial charge in [0.05, 0.1) is 30.0 Å². The van der Waals surface area contributed by atoms with E-state index < -0.39 is 23.4 Å². The van der Waals surface area contributed by atoms with Crippen molar-refractivity contribution >= 4 is 149 Å². The molecule has 0 spiro atoms. The van der Waals surface area contributed by atoms with Crippen molar-refractivity contribution in [1.29, 1.82) is 0 Å². The molecule has 19 nitrogen and oxygen atoms in total. The number of benzene rings is 12. The van der Waals surface area contributed by atoms with Crippen molar-refractivity contribution in [2.24, 2.45) is 21.4 Å². The van der Waals surface area contributed by atoms with E-state index in [4.69, 9.17) is 35.3 Å². The number of rotatable bonds is 37. The van der Waals surface area contributed by atoms with E-state index in [0.29, 0.717) is 80.7 Å². The van der Waals surface area contributed by atoms with Gasteiger partial charge in [0.25, 0.3) is 0 Å². The summed E-state index contributed by atoms with van der Waals surface area (Å²) in [4.78, 5) is 126. The Morgan fingerprint density at radius 2 is 1.01 bits per heavy atom. The van der Waals surface area contributed by atoms with Gasteiger partial charge >= 0.3 is 17.9 Å². The molecular formula is C114H115ClN6O13S3. The molecule has 0 aliphatic carbocycles. The maximum absolute atomic E-state index is 13.7. The van der Waals surface area contributed by atoms with Crippen molar-refractivity contribution in [3.05, 3.63) is 369 Å². The minimum Gasteiger partial charge on any atom is -0.453 e. The molecule has 14 aromatic rings. The molecule has 0 radical (unpaired) electrons. The van der Waals surface area contributed by atoms with Gasteiger partial charge in [-0.05, 0) is 278 Å². The van der Waals surface area contributed by atoms with Gasteiger partial charge < -0.3 is 33.1 Å². The van der Waals surface area contributed by atoms with E-state index in [1.165, 1.54) is 25.0 Å². The first-order valence-electron chi connectivity index (χ1n) is 46.2. The number of aryl methyl sites for hydroxylation is 3. The third kappa shape index (κ3) is 29.0. The van der Waals surface area contributed by atoms with Crippen LogP contribution in [0.4, 0.5) is 5.69 Å². The van der Waals surface area contributed by atoms with Crippen LogP contribution in [0.5, 0.6) is 0 Å². The molecule has 0 amide bonds. The minimum atomic E-state index is -0.599. The molecule has 3 heterocycles. The summed E-state index contributed by atoms with van der Waals surface area (Å²) in [6.45, 7) is 21.3. The van der Waals surface area contributed by atoms with E-state index in [-0.39, 0.29) is 40.3 Å². The fourth-order valence-electron chi connectivity index (χ4n) is 15.7. The van der Waals surface area contributed by atoms with Crippen LogP contribution in [0.25, 0.3) is 32.8 Å². The molecule has 1 aliphatic heterocycles. The molecular weight excluding hydrogens is 1790 g/mol. The molecule has 137 heavy (non-hydrogen) atoms. The molecule has 2 aromatic heterocycles. The Kier molecular flexibility index (Phi) is 38.3. The number of hydrogen-bond donors (Lipinski definition) is 0. The van der Waals surface area contributed by atoms with Gasteiger partial charge in [0.2, 0.25) is 17.3 Å². The standard InChI is InChI=1S/C34H29ClN2O4S.C29H27NO4S.C27H27NO3S.C24H32N2O2/c1-4-37-31-15-9-23(33(39)27-8-6-5-7-21(27)2)19-28(31)29-20-24(10-16-32(29)37)34(40)30(36-41-22(3)38)17-18-42-26-13-11-25(35)12-14-26;1-19(2)8-17-26(30-34-20(3)31)21-9-13-24(14-10-21)35-25-15-11-22(12-16-25)29(32)28-18-23-6-4-5-7-27(23)33-28;1-2-3-4-11-16-25(28-31-27(30)22-12-7-5-8-13-22)26(29)21-17-19-24(20-18-21)32-23-14-9-6-10-15-23;1-5-24(25(3)4,18-20-8-6-19(2)7-9-20)23(27)21-10-12-22(13-11-21)26-14-16-28-17-15-26/h5-16,19-20H,4,17-18H2,1-3H3;4-7,9-16,18-19H,8,17H2,1-3H3;5-10,12-15,17-20H,2-4,11,16H2,1H3;6-13H,5,14-18H2,1-4H3/b36-30+;30-26+;28-25-;. The molecule has 0 saturated carbocycles. The summed E-state index contributed by atoms with van der Waals surface area (Å²) in [6, 6.07) is 93.9. The third-order valence-corrected chi connectivity index (χ3v) is 26.7. The van der Waals surface area contributed by atoms with E-state index >= 15 is 0 Å². The number of likely N-dealkylation sites (N-methyl/N-ethyl adjacent to an activating group) is 1. The van der Waals surface area contributed by atoms with Crippen molar-refractivity contribution in [3.8, 4) is 0 Å². The Labute approximate surface area is 819 Å². The second-order valence-electron chi connectivity index (χ2n) is 33.8. The monoisotopic (exact) mass is 1910 g/mol. The Morgan fingerprint density at radius 1 is 0.489 bits per heavy atom. The maximum Gasteiger partial charge on any atom is 0.365 e. The predicted octanol–water partition coefficient (Wildman–Crippen LogP) is 27.0. The highest BCUT2D eigenvalue weighted by Gasteiger charge is 2.40. The number of halogens is 1. The summed E-state index contributed by atoms with van der Waals surface area (Å²) in [5.74, 6) is -0.711. The smallest absolute Gasteiger partial charge is 0.365 e. The lowest BCUT2D eigenvalue weighted by Gasteiger charge is -2.38. The number of ether oxygens (including phenoxy) is 1. The van der Waals surface area contributed by atoms with Gasteiger partial charge in [0, 0.05) is 141 Å². The van der Waals surface area contributed by atoms with Gasteiger partial charge in [0.15, 0.2) is 17.3 Å². The Bertz CT molecular complexity index is 6540. The van der Waals surface area contributed by atoms with Crippen molar-refractivity contribution < 1.29 is 62.0 Å². The molecule has 12 aromatic carbocycles. The fourth-order valence-corrected chi connectivity index (χ4v) is 18.3. The van der Waals surface area contributed by atoms with Crippen LogP contribution in [0.3, 0.4) is 0 Å². The number of hydrogen-bond acceptors (Lipinski definition) is 21. The normalized spacial score (nSPS) is 12.6. The third-order valence-electron chi connectivity index (χ3n) is 23.4. The highest BCUT2D eigenvalue weighted by molar-refractivity contribution is 7.99. The Balaban J connectivity index is 0.000000166. The molecule has 1 unspecified atom stereocenters. The number of morpholine rings is 1. The first-order chi connectivity index (χ1) is 66.3. The number of Topliss-reactive ketones (excluding diaryl/α,β-unsaturated/α-hetero) is 3. The number of carbonyl (C=O) groups excluding carboxylic acids is 8. The molecule has 1 saturated heterocycles. The highest BCUT2D eigenvalue weighted by Crippen LogP contribution is 2.36. The summed E-state index contributed by atoms with van der Waals surface area (Å²) < 4.78 is 13.3. The number of oxime groups is 3. The number of para-hydroxylation sites is 1. The summed E-state index contributed by atoms with van der Waals surface area (Å²) in [7, 11) is 4.02. The number of thioether (sulfide) groups is 1. The summed E-state index contributed by atoms with van der Waals surface area (Å²) in [5.41, 5.74) is 12.7. The number of furan rings is 1. The van der Waals surface area contributed by atoms with Crippen LogP contribution < -0.4 is 4.90 Å².